The first-order valence-electron chi connectivity index (χ1n) is 7.63. The Bertz CT molecular complexity index is 522. The molecule has 1 atom stereocenters. The zero-order chi connectivity index (χ0) is 15.4. The third-order valence-electron chi connectivity index (χ3n) is 4.33. The molecule has 0 aliphatic carbocycles. The van der Waals surface area contributed by atoms with Gasteiger partial charge in [0.1, 0.15) is 5.69 Å². The average molecular weight is 292 g/mol. The van der Waals surface area contributed by atoms with Crippen LogP contribution in [-0.4, -0.2) is 40.5 Å². The lowest BCUT2D eigenvalue weighted by atomic mass is 10.00. The fourth-order valence-electron chi connectivity index (χ4n) is 2.86. The van der Waals surface area contributed by atoms with Crippen LogP contribution in [0.3, 0.4) is 0 Å². The molecule has 1 aliphatic heterocycles. The number of rotatable bonds is 4. The van der Waals surface area contributed by atoms with Crippen molar-refractivity contribution in [1.29, 1.82) is 0 Å². The maximum Gasteiger partial charge on any atom is 0.355 e. The first kappa shape index (κ1) is 15.6. The predicted molar refractivity (Wildman–Crippen MR) is 80.1 cm³/mol. The van der Waals surface area contributed by atoms with E-state index in [0.29, 0.717) is 11.7 Å². The smallest absolute Gasteiger partial charge is 0.355 e. The van der Waals surface area contributed by atoms with Crippen LogP contribution in [0.15, 0.2) is 12.1 Å². The van der Waals surface area contributed by atoms with E-state index in [4.69, 9.17) is 4.74 Å². The fraction of sp³-hybridized carbons (Fsp3) is 0.625. The number of carbonyl (C=O) groups excluding carboxylic acids is 2. The fourth-order valence-corrected chi connectivity index (χ4v) is 2.86. The van der Waals surface area contributed by atoms with E-state index in [9.17, 15) is 9.59 Å². The minimum Gasteiger partial charge on any atom is -0.451 e. The van der Waals surface area contributed by atoms with Gasteiger partial charge in [0, 0.05) is 25.3 Å². The quantitative estimate of drug-likeness (QED) is 0.800. The second-order valence-electron chi connectivity index (χ2n) is 5.64. The number of likely N-dealkylation sites (tertiary alicyclic amines) is 1. The largest absolute Gasteiger partial charge is 0.451 e. The van der Waals surface area contributed by atoms with Crippen LogP contribution in [0.2, 0.25) is 0 Å². The van der Waals surface area contributed by atoms with E-state index in [0.717, 1.165) is 31.5 Å². The van der Waals surface area contributed by atoms with Crippen molar-refractivity contribution >= 4 is 11.9 Å². The van der Waals surface area contributed by atoms with Gasteiger partial charge in [0.25, 0.3) is 5.91 Å². The second-order valence-corrected chi connectivity index (χ2v) is 5.64. The van der Waals surface area contributed by atoms with Crippen molar-refractivity contribution < 1.29 is 14.3 Å². The molecule has 1 aromatic rings. The molecule has 0 aromatic carbocycles. The van der Waals surface area contributed by atoms with E-state index in [1.807, 2.05) is 24.9 Å². The number of hydrogen-bond donors (Lipinski definition) is 0. The SMILES string of the molecule is CCC1CCCCN1C(=O)COC(=O)c1ccc(C)n1C. The molecule has 116 valence electrons. The first-order valence-corrected chi connectivity index (χ1v) is 7.63. The standard InChI is InChI=1S/C16H24N2O3/c1-4-13-7-5-6-10-18(13)15(19)11-21-16(20)14-9-8-12(2)17(14)3/h8-9,13H,4-7,10-11H2,1-3H3. The van der Waals surface area contributed by atoms with Crippen molar-refractivity contribution in [3.05, 3.63) is 23.5 Å². The lowest BCUT2D eigenvalue weighted by Gasteiger charge is -2.35. The Hall–Kier alpha value is -1.78. The maximum atomic E-state index is 12.2. The number of hydrogen-bond acceptors (Lipinski definition) is 3. The molecular formula is C16H24N2O3. The molecule has 1 aliphatic rings. The van der Waals surface area contributed by atoms with Gasteiger partial charge in [-0.1, -0.05) is 6.92 Å². The summed E-state index contributed by atoms with van der Waals surface area (Å²) in [6, 6.07) is 3.87. The minimum absolute atomic E-state index is 0.0826. The summed E-state index contributed by atoms with van der Waals surface area (Å²) in [4.78, 5) is 26.1. The van der Waals surface area contributed by atoms with Gasteiger partial charge in [-0.2, -0.15) is 0 Å². The summed E-state index contributed by atoms with van der Waals surface area (Å²) in [5.41, 5.74) is 1.46. The van der Waals surface area contributed by atoms with Crippen LogP contribution >= 0.6 is 0 Å². The van der Waals surface area contributed by atoms with Crippen LogP contribution in [-0.2, 0) is 16.6 Å². The predicted octanol–water partition coefficient (Wildman–Crippen LogP) is 2.28. The third-order valence-corrected chi connectivity index (χ3v) is 4.33. The van der Waals surface area contributed by atoms with Crippen LogP contribution < -0.4 is 0 Å². The average Bonchev–Trinajstić information content (AvgIpc) is 2.84. The first-order chi connectivity index (χ1) is 10.0. The van der Waals surface area contributed by atoms with Crippen molar-refractivity contribution in [2.24, 2.45) is 7.05 Å². The molecule has 1 fully saturated rings. The van der Waals surface area contributed by atoms with Crippen LogP contribution in [0.4, 0.5) is 0 Å². The van der Waals surface area contributed by atoms with Crippen molar-refractivity contribution in [2.45, 2.75) is 45.6 Å². The highest BCUT2D eigenvalue weighted by Crippen LogP contribution is 2.19. The summed E-state index contributed by atoms with van der Waals surface area (Å²) in [5.74, 6) is -0.523. The number of piperidine rings is 1. The number of esters is 1. The molecule has 0 saturated carbocycles. The normalized spacial score (nSPS) is 18.6. The molecule has 1 amide bonds. The summed E-state index contributed by atoms with van der Waals surface area (Å²) >= 11 is 0. The Morgan fingerprint density at radius 3 is 2.71 bits per heavy atom. The van der Waals surface area contributed by atoms with Crippen LogP contribution in [0.5, 0.6) is 0 Å². The Labute approximate surface area is 125 Å². The molecule has 5 nitrogen and oxygen atoms in total. The minimum atomic E-state index is -0.441. The van der Waals surface area contributed by atoms with E-state index in [2.05, 4.69) is 6.92 Å². The van der Waals surface area contributed by atoms with Crippen molar-refractivity contribution in [2.75, 3.05) is 13.2 Å². The molecule has 0 bridgehead atoms. The Morgan fingerprint density at radius 2 is 2.10 bits per heavy atom. The molecule has 0 N–H and O–H groups in total. The third kappa shape index (κ3) is 3.46. The van der Waals surface area contributed by atoms with Crippen LogP contribution in [0, 0.1) is 6.92 Å². The van der Waals surface area contributed by atoms with Gasteiger partial charge in [-0.15, -0.1) is 0 Å². The van der Waals surface area contributed by atoms with Gasteiger partial charge < -0.3 is 14.2 Å². The Morgan fingerprint density at radius 1 is 1.33 bits per heavy atom. The molecule has 0 spiro atoms. The van der Waals surface area contributed by atoms with Crippen molar-refractivity contribution in [1.82, 2.24) is 9.47 Å². The van der Waals surface area contributed by atoms with Crippen LogP contribution in [0.25, 0.3) is 0 Å². The molecule has 1 unspecified atom stereocenters. The van der Waals surface area contributed by atoms with Gasteiger partial charge in [0.15, 0.2) is 6.61 Å². The summed E-state index contributed by atoms with van der Waals surface area (Å²) in [7, 11) is 1.81. The molecule has 2 rings (SSSR count). The number of aryl methyl sites for hydroxylation is 1. The van der Waals surface area contributed by atoms with Gasteiger partial charge >= 0.3 is 5.97 Å². The highest BCUT2D eigenvalue weighted by molar-refractivity contribution is 5.90. The van der Waals surface area contributed by atoms with Crippen molar-refractivity contribution in [3.63, 3.8) is 0 Å². The molecule has 2 heterocycles. The molecule has 1 aromatic heterocycles. The lowest BCUT2D eigenvalue weighted by molar-refractivity contribution is -0.138. The lowest BCUT2D eigenvalue weighted by Crippen LogP contribution is -2.45. The zero-order valence-electron chi connectivity index (χ0n) is 13.1. The monoisotopic (exact) mass is 292 g/mol. The van der Waals surface area contributed by atoms with Gasteiger partial charge in [-0.3, -0.25) is 4.79 Å². The molecule has 0 radical (unpaired) electrons. The number of aromatic nitrogens is 1. The zero-order valence-corrected chi connectivity index (χ0v) is 13.1. The van der Waals surface area contributed by atoms with E-state index in [-0.39, 0.29) is 12.5 Å². The number of nitrogens with zero attached hydrogens (tertiary/aromatic N) is 2. The van der Waals surface area contributed by atoms with E-state index in [1.54, 1.807) is 10.6 Å². The Balaban J connectivity index is 1.91. The van der Waals surface area contributed by atoms with E-state index in [1.165, 1.54) is 6.42 Å². The van der Waals surface area contributed by atoms with Crippen molar-refractivity contribution in [3.8, 4) is 0 Å². The van der Waals surface area contributed by atoms with Gasteiger partial charge in [-0.25, -0.2) is 4.79 Å². The summed E-state index contributed by atoms with van der Waals surface area (Å²) in [6.45, 7) is 4.62. The summed E-state index contributed by atoms with van der Waals surface area (Å²) in [5, 5.41) is 0. The molecule has 21 heavy (non-hydrogen) atoms. The van der Waals surface area contributed by atoms with E-state index < -0.39 is 5.97 Å². The van der Waals surface area contributed by atoms with E-state index >= 15 is 0 Å². The van der Waals surface area contributed by atoms with Gasteiger partial charge in [0.05, 0.1) is 0 Å². The molecule has 5 heteroatoms. The highest BCUT2D eigenvalue weighted by Gasteiger charge is 2.26. The topological polar surface area (TPSA) is 51.5 Å². The summed E-state index contributed by atoms with van der Waals surface area (Å²) < 4.78 is 6.95. The molecular weight excluding hydrogens is 268 g/mol. The summed E-state index contributed by atoms with van der Waals surface area (Å²) in [6.07, 6.45) is 4.21. The van der Waals surface area contributed by atoms with Gasteiger partial charge in [-0.05, 0) is 44.7 Å². The maximum absolute atomic E-state index is 12.2. The van der Waals surface area contributed by atoms with Crippen LogP contribution in [0.1, 0.15) is 48.8 Å². The molecule has 1 saturated heterocycles. The number of ether oxygens (including phenoxy) is 1. The Kier molecular flexibility index (Phi) is 5.04. The number of amides is 1. The number of carbonyl (C=O) groups is 2. The van der Waals surface area contributed by atoms with Gasteiger partial charge in [0.2, 0.25) is 0 Å². The second kappa shape index (κ2) is 6.78. The highest BCUT2D eigenvalue weighted by atomic mass is 16.5.